The summed E-state index contributed by atoms with van der Waals surface area (Å²) >= 11 is 0. The van der Waals surface area contributed by atoms with Crippen LogP contribution in [0.15, 0.2) is 48.5 Å². The highest BCUT2D eigenvalue weighted by Crippen LogP contribution is 2.26. The van der Waals surface area contributed by atoms with Crippen LogP contribution in [0, 0.1) is 27.7 Å². The zero-order valence-corrected chi connectivity index (χ0v) is 20.6. The Labute approximate surface area is 202 Å². The van der Waals surface area contributed by atoms with Crippen molar-refractivity contribution in [1.82, 2.24) is 0 Å². The summed E-state index contributed by atoms with van der Waals surface area (Å²) in [6.07, 6.45) is 4.63. The van der Waals surface area contributed by atoms with Gasteiger partial charge >= 0.3 is 11.9 Å². The van der Waals surface area contributed by atoms with E-state index >= 15 is 0 Å². The second kappa shape index (κ2) is 11.1. The van der Waals surface area contributed by atoms with Crippen LogP contribution in [0.25, 0.3) is 0 Å². The predicted octanol–water partition coefficient (Wildman–Crippen LogP) is 6.67. The molecular weight excluding hydrogens is 424 g/mol. The van der Waals surface area contributed by atoms with Gasteiger partial charge in [0.15, 0.2) is 0 Å². The second-order valence-corrected chi connectivity index (χ2v) is 9.18. The monoisotopic (exact) mass is 458 g/mol. The van der Waals surface area contributed by atoms with Crippen LogP contribution in [0.1, 0.15) is 78.1 Å². The number of carboxylic acid groups (broad SMARTS) is 2. The Bertz CT molecular complexity index is 1170. The lowest BCUT2D eigenvalue weighted by molar-refractivity contribution is 0.0650. The molecule has 0 bridgehead atoms. The molecule has 4 heteroatoms. The van der Waals surface area contributed by atoms with Gasteiger partial charge in [-0.1, -0.05) is 42.5 Å². The summed E-state index contributed by atoms with van der Waals surface area (Å²) in [4.78, 5) is 23.9. The van der Waals surface area contributed by atoms with Crippen LogP contribution in [-0.2, 0) is 25.7 Å². The minimum Gasteiger partial charge on any atom is -0.478 e. The van der Waals surface area contributed by atoms with Crippen molar-refractivity contribution in [2.24, 2.45) is 0 Å². The van der Waals surface area contributed by atoms with Gasteiger partial charge in [-0.05, 0) is 117 Å². The van der Waals surface area contributed by atoms with Crippen molar-refractivity contribution < 1.29 is 19.8 Å². The zero-order chi connectivity index (χ0) is 24.8. The van der Waals surface area contributed by atoms with Gasteiger partial charge in [0.1, 0.15) is 0 Å². The highest BCUT2D eigenvalue weighted by molar-refractivity contribution is 6.03. The molecule has 0 radical (unpaired) electrons. The van der Waals surface area contributed by atoms with Crippen molar-refractivity contribution >= 4 is 11.9 Å². The highest BCUT2D eigenvalue weighted by atomic mass is 16.4. The molecule has 0 atom stereocenters. The lowest BCUT2D eigenvalue weighted by Crippen LogP contribution is -2.14. The van der Waals surface area contributed by atoms with E-state index in [-0.39, 0.29) is 11.1 Å². The Morgan fingerprint density at radius 1 is 0.588 bits per heavy atom. The molecule has 0 aliphatic rings. The van der Waals surface area contributed by atoms with Gasteiger partial charge in [-0.3, -0.25) is 0 Å². The molecule has 0 unspecified atom stereocenters. The van der Waals surface area contributed by atoms with E-state index in [9.17, 15) is 19.8 Å². The second-order valence-electron chi connectivity index (χ2n) is 9.18. The Morgan fingerprint density at radius 3 is 1.47 bits per heavy atom. The van der Waals surface area contributed by atoms with Crippen LogP contribution in [0.4, 0.5) is 0 Å². The fourth-order valence-corrected chi connectivity index (χ4v) is 5.02. The first-order chi connectivity index (χ1) is 16.2. The molecule has 0 aliphatic heterocycles. The minimum absolute atomic E-state index is 0.0569. The maximum atomic E-state index is 12.2. The van der Waals surface area contributed by atoms with E-state index in [0.717, 1.165) is 31.2 Å². The topological polar surface area (TPSA) is 74.6 Å². The number of benzene rings is 3. The molecule has 178 valence electrons. The number of rotatable bonds is 10. The largest absolute Gasteiger partial charge is 0.478 e. The molecule has 3 aromatic rings. The van der Waals surface area contributed by atoms with Crippen molar-refractivity contribution in [2.75, 3.05) is 0 Å². The van der Waals surface area contributed by atoms with Crippen molar-refractivity contribution in [2.45, 2.75) is 66.2 Å². The quantitative estimate of drug-likeness (QED) is 0.356. The average Bonchev–Trinajstić information content (AvgIpc) is 2.77. The van der Waals surface area contributed by atoms with Crippen LogP contribution >= 0.6 is 0 Å². The number of aromatic carboxylic acids is 2. The molecule has 2 N–H and O–H groups in total. The molecule has 0 aromatic heterocycles. The van der Waals surface area contributed by atoms with E-state index in [2.05, 4.69) is 58.0 Å². The molecule has 34 heavy (non-hydrogen) atoms. The molecule has 3 aromatic carbocycles. The van der Waals surface area contributed by atoms with E-state index in [1.165, 1.54) is 39.4 Å². The Kier molecular flexibility index (Phi) is 8.27. The summed E-state index contributed by atoms with van der Waals surface area (Å²) in [5, 5.41) is 19.6. The van der Waals surface area contributed by atoms with Gasteiger partial charge in [-0.15, -0.1) is 0 Å². The summed E-state index contributed by atoms with van der Waals surface area (Å²) in [5.41, 5.74) is 9.02. The van der Waals surface area contributed by atoms with Crippen molar-refractivity contribution in [3.05, 3.63) is 104 Å². The predicted molar refractivity (Wildman–Crippen MR) is 136 cm³/mol. The van der Waals surface area contributed by atoms with Gasteiger partial charge in [0.2, 0.25) is 0 Å². The van der Waals surface area contributed by atoms with E-state index in [1.54, 1.807) is 0 Å². The Morgan fingerprint density at radius 2 is 1.03 bits per heavy atom. The van der Waals surface area contributed by atoms with Crippen LogP contribution in [0.3, 0.4) is 0 Å². The first kappa shape index (κ1) is 25.2. The maximum absolute atomic E-state index is 12.2. The van der Waals surface area contributed by atoms with Gasteiger partial charge < -0.3 is 10.2 Å². The molecule has 0 aliphatic carbocycles. The molecule has 3 rings (SSSR count). The third-order valence-corrected chi connectivity index (χ3v) is 6.87. The summed E-state index contributed by atoms with van der Waals surface area (Å²) in [6.45, 7) is 8.42. The van der Waals surface area contributed by atoms with Crippen molar-refractivity contribution in [3.8, 4) is 0 Å². The lowest BCUT2D eigenvalue weighted by Gasteiger charge is -2.17. The number of hydrogen-bond acceptors (Lipinski definition) is 2. The molecule has 0 saturated carbocycles. The summed E-state index contributed by atoms with van der Waals surface area (Å²) in [6, 6.07) is 15.8. The SMILES string of the molecule is Cc1cccc(C)c1CCCc1ccc(C(=O)O)c(C(=O)O)c1CCCc1c(C)cccc1C. The lowest BCUT2D eigenvalue weighted by atomic mass is 9.88. The molecular formula is C30H34O4. The molecule has 0 heterocycles. The van der Waals surface area contributed by atoms with Gasteiger partial charge in [-0.25, -0.2) is 9.59 Å². The fourth-order valence-electron chi connectivity index (χ4n) is 5.02. The Hall–Kier alpha value is -3.40. The molecule has 0 saturated heterocycles. The van der Waals surface area contributed by atoms with Gasteiger partial charge in [0.25, 0.3) is 0 Å². The Balaban J connectivity index is 1.87. The van der Waals surface area contributed by atoms with E-state index in [4.69, 9.17) is 0 Å². The van der Waals surface area contributed by atoms with Crippen LogP contribution < -0.4 is 0 Å². The number of carbonyl (C=O) groups is 2. The third kappa shape index (κ3) is 5.74. The zero-order valence-electron chi connectivity index (χ0n) is 20.6. The molecule has 0 spiro atoms. The first-order valence-electron chi connectivity index (χ1n) is 11.9. The first-order valence-corrected chi connectivity index (χ1v) is 11.9. The van der Waals surface area contributed by atoms with Gasteiger partial charge in [0, 0.05) is 0 Å². The maximum Gasteiger partial charge on any atom is 0.336 e. The van der Waals surface area contributed by atoms with Crippen LogP contribution in [-0.4, -0.2) is 22.2 Å². The number of hydrogen-bond donors (Lipinski definition) is 2. The van der Waals surface area contributed by atoms with E-state index in [0.29, 0.717) is 18.4 Å². The van der Waals surface area contributed by atoms with E-state index in [1.807, 2.05) is 12.1 Å². The summed E-state index contributed by atoms with van der Waals surface area (Å²) < 4.78 is 0. The minimum atomic E-state index is -1.20. The van der Waals surface area contributed by atoms with Gasteiger partial charge in [-0.2, -0.15) is 0 Å². The molecule has 0 amide bonds. The van der Waals surface area contributed by atoms with Gasteiger partial charge in [0.05, 0.1) is 11.1 Å². The van der Waals surface area contributed by atoms with Crippen LogP contribution in [0.2, 0.25) is 0 Å². The highest BCUT2D eigenvalue weighted by Gasteiger charge is 2.22. The van der Waals surface area contributed by atoms with Crippen molar-refractivity contribution in [1.29, 1.82) is 0 Å². The average molecular weight is 459 g/mol. The molecule has 4 nitrogen and oxygen atoms in total. The van der Waals surface area contributed by atoms with Crippen LogP contribution in [0.5, 0.6) is 0 Å². The number of carboxylic acids is 2. The summed E-state index contributed by atoms with van der Waals surface area (Å²) in [5.74, 6) is -2.37. The molecule has 0 fully saturated rings. The summed E-state index contributed by atoms with van der Waals surface area (Å²) in [7, 11) is 0. The normalized spacial score (nSPS) is 10.9. The third-order valence-electron chi connectivity index (χ3n) is 6.87. The fraction of sp³-hybridized carbons (Fsp3) is 0.333. The van der Waals surface area contributed by atoms with Crippen molar-refractivity contribution in [3.63, 3.8) is 0 Å². The smallest absolute Gasteiger partial charge is 0.336 e. The standard InChI is InChI=1S/C30H34O4/c1-19-9-5-10-20(2)24(19)14-7-13-23-17-18-27(29(31)32)28(30(33)34)26(23)16-8-15-25-21(3)11-6-12-22(25)4/h5-6,9-12,17-18H,7-8,13-16H2,1-4H3,(H,31,32)(H,33,34). The number of aryl methyl sites for hydroxylation is 5. The van der Waals surface area contributed by atoms with E-state index < -0.39 is 11.9 Å².